The fourth-order valence-electron chi connectivity index (χ4n) is 1.33. The van der Waals surface area contributed by atoms with Gasteiger partial charge in [0.2, 0.25) is 0 Å². The molecule has 2 aromatic rings. The lowest BCUT2D eigenvalue weighted by atomic mass is 10.4. The lowest BCUT2D eigenvalue weighted by Gasteiger charge is -1.97. The largest absolute Gasteiger partial charge is 0.310 e. The van der Waals surface area contributed by atoms with Gasteiger partial charge in [-0.25, -0.2) is 4.98 Å². The van der Waals surface area contributed by atoms with Gasteiger partial charge in [-0.15, -0.1) is 22.7 Å². The molecule has 0 unspecified atom stereocenters. The highest BCUT2D eigenvalue weighted by atomic mass is 79.9. The molecule has 2 aromatic heterocycles. The quantitative estimate of drug-likeness (QED) is 0.839. The van der Waals surface area contributed by atoms with Gasteiger partial charge in [0.25, 0.3) is 0 Å². The molecule has 0 aliphatic rings. The molecule has 16 heavy (non-hydrogen) atoms. The molecule has 86 valence electrons. The first-order valence-electron chi connectivity index (χ1n) is 5.20. The predicted octanol–water partition coefficient (Wildman–Crippen LogP) is 4.13. The third-order valence-corrected chi connectivity index (χ3v) is 4.58. The Morgan fingerprint density at radius 1 is 1.44 bits per heavy atom. The summed E-state index contributed by atoms with van der Waals surface area (Å²) in [7, 11) is 0. The van der Waals surface area contributed by atoms with Gasteiger partial charge in [0.1, 0.15) is 5.01 Å². The molecule has 0 amide bonds. The van der Waals surface area contributed by atoms with Crippen LogP contribution in [0.15, 0.2) is 21.3 Å². The molecule has 0 bridgehead atoms. The van der Waals surface area contributed by atoms with E-state index in [1.165, 1.54) is 4.88 Å². The Morgan fingerprint density at radius 2 is 2.31 bits per heavy atom. The number of nitrogens with zero attached hydrogens (tertiary/aromatic N) is 1. The number of rotatable bonds is 5. The van der Waals surface area contributed by atoms with E-state index in [1.54, 1.807) is 22.7 Å². The average Bonchev–Trinajstić information content (AvgIpc) is 2.87. The SMILES string of the molecule is CCCNCc1nc(-c2ccc(Br)s2)cs1. The minimum atomic E-state index is 0.880. The van der Waals surface area contributed by atoms with Crippen LogP contribution in [0.5, 0.6) is 0 Å². The number of thiophene rings is 1. The van der Waals surface area contributed by atoms with Crippen LogP contribution in [0.25, 0.3) is 10.6 Å². The van der Waals surface area contributed by atoms with Crippen LogP contribution in [-0.4, -0.2) is 11.5 Å². The van der Waals surface area contributed by atoms with Gasteiger partial charge in [-0.2, -0.15) is 0 Å². The van der Waals surface area contributed by atoms with Crippen LogP contribution in [0.3, 0.4) is 0 Å². The highest BCUT2D eigenvalue weighted by Crippen LogP contribution is 2.31. The van der Waals surface area contributed by atoms with Crippen molar-refractivity contribution in [3.63, 3.8) is 0 Å². The van der Waals surface area contributed by atoms with Gasteiger partial charge in [0, 0.05) is 11.9 Å². The predicted molar refractivity (Wildman–Crippen MR) is 75.1 cm³/mol. The molecule has 2 rings (SSSR count). The van der Waals surface area contributed by atoms with Crippen molar-refractivity contribution in [2.24, 2.45) is 0 Å². The zero-order chi connectivity index (χ0) is 11.4. The van der Waals surface area contributed by atoms with E-state index in [2.05, 4.69) is 50.7 Å². The Morgan fingerprint density at radius 3 is 3.00 bits per heavy atom. The molecule has 0 aromatic carbocycles. The number of thiazole rings is 1. The monoisotopic (exact) mass is 316 g/mol. The van der Waals surface area contributed by atoms with Crippen LogP contribution in [-0.2, 0) is 6.54 Å². The Balaban J connectivity index is 2.02. The summed E-state index contributed by atoms with van der Waals surface area (Å²) >= 11 is 6.91. The minimum absolute atomic E-state index is 0.880. The van der Waals surface area contributed by atoms with Crippen molar-refractivity contribution in [3.8, 4) is 10.6 Å². The maximum absolute atomic E-state index is 4.61. The lowest BCUT2D eigenvalue weighted by Crippen LogP contribution is -2.13. The van der Waals surface area contributed by atoms with E-state index < -0.39 is 0 Å². The van der Waals surface area contributed by atoms with E-state index in [0.717, 1.165) is 34.0 Å². The molecule has 2 heterocycles. The van der Waals surface area contributed by atoms with Crippen molar-refractivity contribution in [2.45, 2.75) is 19.9 Å². The van der Waals surface area contributed by atoms with Gasteiger partial charge in [-0.05, 0) is 41.0 Å². The summed E-state index contributed by atoms with van der Waals surface area (Å²) in [6.45, 7) is 4.11. The molecule has 0 spiro atoms. The highest BCUT2D eigenvalue weighted by molar-refractivity contribution is 9.11. The fourth-order valence-corrected chi connectivity index (χ4v) is 3.51. The highest BCUT2D eigenvalue weighted by Gasteiger charge is 2.06. The topological polar surface area (TPSA) is 24.9 Å². The molecule has 0 atom stereocenters. The molecular weight excluding hydrogens is 304 g/mol. The summed E-state index contributed by atoms with van der Waals surface area (Å²) in [5.74, 6) is 0. The van der Waals surface area contributed by atoms with E-state index in [9.17, 15) is 0 Å². The van der Waals surface area contributed by atoms with E-state index in [0.29, 0.717) is 0 Å². The van der Waals surface area contributed by atoms with Crippen LogP contribution in [0.1, 0.15) is 18.4 Å². The van der Waals surface area contributed by atoms with Crippen LogP contribution in [0.4, 0.5) is 0 Å². The Kier molecular flexibility index (Phi) is 4.52. The number of hydrogen-bond donors (Lipinski definition) is 1. The van der Waals surface area contributed by atoms with Gasteiger partial charge in [0.15, 0.2) is 0 Å². The van der Waals surface area contributed by atoms with Gasteiger partial charge in [-0.3, -0.25) is 0 Å². The maximum atomic E-state index is 4.61. The Labute approximate surface area is 112 Å². The van der Waals surface area contributed by atoms with Gasteiger partial charge in [-0.1, -0.05) is 6.92 Å². The first kappa shape index (κ1) is 12.2. The number of aromatic nitrogens is 1. The summed E-state index contributed by atoms with van der Waals surface area (Å²) in [5, 5.41) is 6.65. The summed E-state index contributed by atoms with van der Waals surface area (Å²) in [4.78, 5) is 5.84. The zero-order valence-corrected chi connectivity index (χ0v) is 12.2. The molecular formula is C11H13BrN2S2. The summed E-state index contributed by atoms with van der Waals surface area (Å²) in [6, 6.07) is 4.17. The first-order valence-corrected chi connectivity index (χ1v) is 7.69. The van der Waals surface area contributed by atoms with Gasteiger partial charge in [0.05, 0.1) is 14.4 Å². The van der Waals surface area contributed by atoms with E-state index in [1.807, 2.05) is 0 Å². The van der Waals surface area contributed by atoms with Gasteiger partial charge < -0.3 is 5.32 Å². The first-order chi connectivity index (χ1) is 7.79. The van der Waals surface area contributed by atoms with Gasteiger partial charge >= 0.3 is 0 Å². The smallest absolute Gasteiger partial charge is 0.107 e. The van der Waals surface area contributed by atoms with Crippen molar-refractivity contribution in [3.05, 3.63) is 26.3 Å². The second kappa shape index (κ2) is 5.91. The molecule has 5 heteroatoms. The molecule has 1 N–H and O–H groups in total. The average molecular weight is 317 g/mol. The van der Waals surface area contributed by atoms with Crippen molar-refractivity contribution < 1.29 is 0 Å². The van der Waals surface area contributed by atoms with Crippen LogP contribution in [0.2, 0.25) is 0 Å². The van der Waals surface area contributed by atoms with E-state index >= 15 is 0 Å². The third kappa shape index (κ3) is 3.13. The van der Waals surface area contributed by atoms with Crippen molar-refractivity contribution in [2.75, 3.05) is 6.54 Å². The third-order valence-electron chi connectivity index (χ3n) is 2.08. The van der Waals surface area contributed by atoms with Crippen molar-refractivity contribution >= 4 is 38.6 Å². The van der Waals surface area contributed by atoms with Crippen molar-refractivity contribution in [1.82, 2.24) is 10.3 Å². The number of halogens is 1. The van der Waals surface area contributed by atoms with Crippen LogP contribution in [0, 0.1) is 0 Å². The summed E-state index contributed by atoms with van der Waals surface area (Å²) < 4.78 is 1.15. The molecule has 0 radical (unpaired) electrons. The van der Waals surface area contributed by atoms with E-state index in [-0.39, 0.29) is 0 Å². The molecule has 0 fully saturated rings. The molecule has 0 aliphatic carbocycles. The molecule has 2 nitrogen and oxygen atoms in total. The lowest BCUT2D eigenvalue weighted by molar-refractivity contribution is 0.673. The Hall–Kier alpha value is -0.230. The normalized spacial score (nSPS) is 10.9. The standard InChI is InChI=1S/C11H13BrN2S2/c1-2-5-13-6-11-14-8(7-15-11)9-3-4-10(12)16-9/h3-4,7,13H,2,5-6H2,1H3. The minimum Gasteiger partial charge on any atom is -0.310 e. The number of hydrogen-bond acceptors (Lipinski definition) is 4. The Bertz CT molecular complexity index is 450. The van der Waals surface area contributed by atoms with E-state index in [4.69, 9.17) is 0 Å². The molecule has 0 saturated heterocycles. The fraction of sp³-hybridized carbons (Fsp3) is 0.364. The molecule has 0 aliphatic heterocycles. The second-order valence-electron chi connectivity index (χ2n) is 3.41. The maximum Gasteiger partial charge on any atom is 0.107 e. The summed E-state index contributed by atoms with van der Waals surface area (Å²) in [6.07, 6.45) is 1.16. The zero-order valence-electron chi connectivity index (χ0n) is 9.00. The van der Waals surface area contributed by atoms with Crippen molar-refractivity contribution in [1.29, 1.82) is 0 Å². The van der Waals surface area contributed by atoms with Crippen LogP contribution < -0.4 is 5.32 Å². The second-order valence-corrected chi connectivity index (χ2v) is 6.81. The van der Waals surface area contributed by atoms with Crippen LogP contribution >= 0.6 is 38.6 Å². The summed E-state index contributed by atoms with van der Waals surface area (Å²) in [5.41, 5.74) is 1.09. The molecule has 0 saturated carbocycles. The number of nitrogens with one attached hydrogen (secondary N) is 1.